The Hall–Kier alpha value is -1.84. The van der Waals surface area contributed by atoms with E-state index in [9.17, 15) is 17.6 Å². The van der Waals surface area contributed by atoms with Crippen molar-refractivity contribution in [2.45, 2.75) is 12.8 Å². The maximum absolute atomic E-state index is 13.6. The van der Waals surface area contributed by atoms with Gasteiger partial charge in [-0.1, -0.05) is 12.1 Å². The maximum Gasteiger partial charge on any atom is 0.190 e. The second kappa shape index (κ2) is 11.0. The predicted molar refractivity (Wildman–Crippen MR) is 105 cm³/mol. The summed E-state index contributed by atoms with van der Waals surface area (Å²) >= 11 is 0. The first-order valence-corrected chi connectivity index (χ1v) is 7.82. The average Bonchev–Trinajstić information content (AvgIpc) is 2.60. The van der Waals surface area contributed by atoms with Gasteiger partial charge in [0.25, 0.3) is 0 Å². The third-order valence-electron chi connectivity index (χ3n) is 3.64. The zero-order valence-corrected chi connectivity index (χ0v) is 16.5. The zero-order valence-electron chi connectivity index (χ0n) is 14.2. The Morgan fingerprint density at radius 3 is 2.19 bits per heavy atom. The van der Waals surface area contributed by atoms with Crippen molar-refractivity contribution in [1.29, 1.82) is 0 Å². The number of hydrogen-bond donors (Lipinski definition) is 2. The lowest BCUT2D eigenvalue weighted by Crippen LogP contribution is -2.39. The van der Waals surface area contributed by atoms with Gasteiger partial charge < -0.3 is 10.6 Å². The molecular weight excluding hydrogens is 461 g/mol. The molecule has 0 aliphatic heterocycles. The van der Waals surface area contributed by atoms with Crippen molar-refractivity contribution in [2.75, 3.05) is 20.1 Å². The van der Waals surface area contributed by atoms with E-state index in [1.807, 2.05) is 0 Å². The lowest BCUT2D eigenvalue weighted by Gasteiger charge is -2.12. The lowest BCUT2D eigenvalue weighted by molar-refractivity contribution is 0.498. The predicted octanol–water partition coefficient (Wildman–Crippen LogP) is 3.81. The van der Waals surface area contributed by atoms with Crippen molar-refractivity contribution >= 4 is 29.9 Å². The highest BCUT2D eigenvalue weighted by Crippen LogP contribution is 2.11. The van der Waals surface area contributed by atoms with E-state index in [0.29, 0.717) is 19.0 Å². The summed E-state index contributed by atoms with van der Waals surface area (Å²) in [6, 6.07) is 7.35. The Labute approximate surface area is 166 Å². The van der Waals surface area contributed by atoms with Crippen molar-refractivity contribution in [3.8, 4) is 0 Å². The minimum Gasteiger partial charge on any atom is -0.356 e. The fourth-order valence-corrected chi connectivity index (χ4v) is 2.33. The Morgan fingerprint density at radius 1 is 0.885 bits per heavy atom. The third-order valence-corrected chi connectivity index (χ3v) is 3.64. The second-order valence-electron chi connectivity index (χ2n) is 5.37. The molecular formula is C18H20F4IN3. The molecule has 142 valence electrons. The van der Waals surface area contributed by atoms with Gasteiger partial charge in [0.1, 0.15) is 11.6 Å². The van der Waals surface area contributed by atoms with Crippen LogP contribution in [0.3, 0.4) is 0 Å². The van der Waals surface area contributed by atoms with Gasteiger partial charge in [-0.3, -0.25) is 4.99 Å². The Bertz CT molecular complexity index is 743. The topological polar surface area (TPSA) is 36.4 Å². The summed E-state index contributed by atoms with van der Waals surface area (Å²) < 4.78 is 53.3. The fourth-order valence-electron chi connectivity index (χ4n) is 2.33. The van der Waals surface area contributed by atoms with Crippen LogP contribution in [0.4, 0.5) is 17.6 Å². The molecule has 0 amide bonds. The SMILES string of the molecule is CN=C(NCCc1cc(F)ccc1F)NCCc1cccc(F)c1F.I. The number of guanidine groups is 1. The highest BCUT2D eigenvalue weighted by atomic mass is 127. The van der Waals surface area contributed by atoms with Gasteiger partial charge in [0.2, 0.25) is 0 Å². The third kappa shape index (κ3) is 6.47. The van der Waals surface area contributed by atoms with Crippen molar-refractivity contribution < 1.29 is 17.6 Å². The molecule has 0 aliphatic rings. The van der Waals surface area contributed by atoms with Crippen LogP contribution >= 0.6 is 24.0 Å². The first-order valence-electron chi connectivity index (χ1n) is 7.82. The van der Waals surface area contributed by atoms with Crippen LogP contribution in [0.15, 0.2) is 41.4 Å². The first-order chi connectivity index (χ1) is 12.0. The molecule has 2 N–H and O–H groups in total. The van der Waals surface area contributed by atoms with Gasteiger partial charge in [-0.15, -0.1) is 24.0 Å². The van der Waals surface area contributed by atoms with E-state index in [1.165, 1.54) is 12.1 Å². The van der Waals surface area contributed by atoms with Crippen molar-refractivity contribution in [3.05, 3.63) is 70.8 Å². The van der Waals surface area contributed by atoms with Gasteiger partial charge in [-0.2, -0.15) is 0 Å². The van der Waals surface area contributed by atoms with Crippen LogP contribution in [0.25, 0.3) is 0 Å². The molecule has 0 heterocycles. The number of aliphatic imine (C=N–C) groups is 1. The van der Waals surface area contributed by atoms with Gasteiger partial charge in [-0.25, -0.2) is 17.6 Å². The van der Waals surface area contributed by atoms with E-state index in [2.05, 4.69) is 15.6 Å². The molecule has 2 aromatic carbocycles. The van der Waals surface area contributed by atoms with Crippen LogP contribution in [-0.4, -0.2) is 26.1 Å². The molecule has 0 fully saturated rings. The highest BCUT2D eigenvalue weighted by Gasteiger charge is 2.08. The number of benzene rings is 2. The van der Waals surface area contributed by atoms with Crippen molar-refractivity contribution in [3.63, 3.8) is 0 Å². The van der Waals surface area contributed by atoms with Crippen molar-refractivity contribution in [2.24, 2.45) is 4.99 Å². The molecule has 2 aromatic rings. The molecule has 0 spiro atoms. The minimum absolute atomic E-state index is 0. The molecule has 3 nitrogen and oxygen atoms in total. The summed E-state index contributed by atoms with van der Waals surface area (Å²) in [5.74, 6) is -2.25. The van der Waals surface area contributed by atoms with Crippen LogP contribution in [0.1, 0.15) is 11.1 Å². The molecule has 2 rings (SSSR count). The average molecular weight is 481 g/mol. The smallest absolute Gasteiger partial charge is 0.190 e. The summed E-state index contributed by atoms with van der Waals surface area (Å²) in [6.07, 6.45) is 0.561. The molecule has 0 radical (unpaired) electrons. The number of nitrogens with zero attached hydrogens (tertiary/aromatic N) is 1. The summed E-state index contributed by atoms with van der Waals surface area (Å²) in [5.41, 5.74) is 0.537. The van der Waals surface area contributed by atoms with E-state index < -0.39 is 23.3 Å². The Morgan fingerprint density at radius 2 is 1.54 bits per heavy atom. The van der Waals surface area contributed by atoms with Crippen LogP contribution in [0.2, 0.25) is 0 Å². The van der Waals surface area contributed by atoms with Gasteiger partial charge in [0.15, 0.2) is 17.6 Å². The minimum atomic E-state index is -0.878. The molecule has 0 bridgehead atoms. The number of rotatable bonds is 6. The summed E-state index contributed by atoms with van der Waals surface area (Å²) in [4.78, 5) is 3.99. The van der Waals surface area contributed by atoms with E-state index >= 15 is 0 Å². The van der Waals surface area contributed by atoms with Crippen LogP contribution in [0, 0.1) is 23.3 Å². The van der Waals surface area contributed by atoms with Crippen LogP contribution < -0.4 is 10.6 Å². The molecule has 0 saturated heterocycles. The monoisotopic (exact) mass is 481 g/mol. The van der Waals surface area contributed by atoms with Gasteiger partial charge in [0.05, 0.1) is 0 Å². The summed E-state index contributed by atoms with van der Waals surface area (Å²) in [6.45, 7) is 0.683. The quantitative estimate of drug-likeness (QED) is 0.285. The van der Waals surface area contributed by atoms with E-state index in [4.69, 9.17) is 0 Å². The first kappa shape index (κ1) is 22.2. The zero-order chi connectivity index (χ0) is 18.2. The lowest BCUT2D eigenvalue weighted by atomic mass is 10.1. The fraction of sp³-hybridized carbons (Fsp3) is 0.278. The summed E-state index contributed by atoms with van der Waals surface area (Å²) in [7, 11) is 1.56. The second-order valence-corrected chi connectivity index (χ2v) is 5.37. The van der Waals surface area contributed by atoms with Crippen LogP contribution in [0.5, 0.6) is 0 Å². The normalized spacial score (nSPS) is 11.0. The van der Waals surface area contributed by atoms with Gasteiger partial charge in [0, 0.05) is 20.1 Å². The number of hydrogen-bond acceptors (Lipinski definition) is 1. The van der Waals surface area contributed by atoms with Crippen LogP contribution in [-0.2, 0) is 12.8 Å². The van der Waals surface area contributed by atoms with Gasteiger partial charge in [-0.05, 0) is 48.2 Å². The Balaban J connectivity index is 0.00000338. The largest absolute Gasteiger partial charge is 0.356 e. The molecule has 26 heavy (non-hydrogen) atoms. The van der Waals surface area contributed by atoms with Crippen molar-refractivity contribution in [1.82, 2.24) is 10.6 Å². The van der Waals surface area contributed by atoms with E-state index in [0.717, 1.165) is 24.3 Å². The van der Waals surface area contributed by atoms with Gasteiger partial charge >= 0.3 is 0 Å². The molecule has 0 atom stereocenters. The summed E-state index contributed by atoms with van der Waals surface area (Å²) in [5, 5.41) is 5.92. The maximum atomic E-state index is 13.6. The molecule has 0 unspecified atom stereocenters. The van der Waals surface area contributed by atoms with E-state index in [1.54, 1.807) is 7.05 Å². The number of nitrogens with one attached hydrogen (secondary N) is 2. The van der Waals surface area contributed by atoms with E-state index in [-0.39, 0.29) is 47.9 Å². The highest BCUT2D eigenvalue weighted by molar-refractivity contribution is 14.0. The standard InChI is InChI=1S/C18H19F4N3.HI/c1-23-18(24-9-7-12-3-2-4-16(21)17(12)22)25-10-8-13-11-14(19)5-6-15(13)20;/h2-6,11H,7-10H2,1H3,(H2,23,24,25);1H. The molecule has 0 aliphatic carbocycles. The Kier molecular flexibility index (Phi) is 9.39. The molecule has 0 aromatic heterocycles. The number of halogens is 5. The molecule has 0 saturated carbocycles. The molecule has 8 heteroatoms.